The molecule has 4 N–H and O–H groups in total. The molecule has 7 heteroatoms. The number of carbonyl (C=O) groups is 1. The van der Waals surface area contributed by atoms with Crippen molar-refractivity contribution >= 4 is 15.9 Å². The van der Waals surface area contributed by atoms with Gasteiger partial charge in [0.2, 0.25) is 10.0 Å². The largest absolute Gasteiger partial charge is 0.395 e. The molecule has 0 radical (unpaired) electrons. The van der Waals surface area contributed by atoms with Crippen molar-refractivity contribution in [1.29, 1.82) is 0 Å². The molecule has 0 fully saturated rings. The van der Waals surface area contributed by atoms with E-state index in [1.165, 1.54) is 0 Å². The summed E-state index contributed by atoms with van der Waals surface area (Å²) in [5, 5.41) is 16.1. The predicted molar refractivity (Wildman–Crippen MR) is 80.1 cm³/mol. The van der Waals surface area contributed by atoms with E-state index in [9.17, 15) is 13.2 Å². The van der Waals surface area contributed by atoms with Gasteiger partial charge in [-0.2, -0.15) is 0 Å². The van der Waals surface area contributed by atoms with Gasteiger partial charge in [0, 0.05) is 24.1 Å². The molecule has 0 heterocycles. The smallest absolute Gasteiger partial charge is 0.251 e. The Morgan fingerprint density at radius 2 is 2.14 bits per heavy atom. The molecule has 1 aromatic carbocycles. The minimum Gasteiger partial charge on any atom is -0.395 e. The lowest BCUT2D eigenvalue weighted by Crippen LogP contribution is -2.31. The van der Waals surface area contributed by atoms with Crippen LogP contribution in [0.3, 0.4) is 0 Å². The van der Waals surface area contributed by atoms with Crippen LogP contribution in [-0.2, 0) is 10.0 Å². The predicted octanol–water partition coefficient (Wildman–Crippen LogP) is -0.253. The third-order valence-electron chi connectivity index (χ3n) is 2.71. The number of rotatable bonds is 5. The average Bonchev–Trinajstić information content (AvgIpc) is 2.39. The molecule has 1 amide bonds. The van der Waals surface area contributed by atoms with Gasteiger partial charge in [-0.05, 0) is 24.6 Å². The van der Waals surface area contributed by atoms with Gasteiger partial charge in [0.1, 0.15) is 0 Å². The molecule has 0 unspecified atom stereocenters. The Morgan fingerprint density at radius 3 is 2.76 bits per heavy atom. The van der Waals surface area contributed by atoms with Crippen LogP contribution in [0, 0.1) is 18.8 Å². The molecule has 0 aliphatic heterocycles. The van der Waals surface area contributed by atoms with Gasteiger partial charge in [0.05, 0.1) is 12.4 Å². The lowest BCUT2D eigenvalue weighted by atomic mass is 10.0. The number of aliphatic hydroxyl groups is 1. The zero-order chi connectivity index (χ0) is 15.9. The van der Waals surface area contributed by atoms with Crippen LogP contribution in [-0.4, -0.2) is 38.3 Å². The van der Waals surface area contributed by atoms with Crippen LogP contribution in [0.4, 0.5) is 0 Å². The normalized spacial score (nSPS) is 10.6. The van der Waals surface area contributed by atoms with Crippen molar-refractivity contribution in [2.45, 2.75) is 13.3 Å². The monoisotopic (exact) mass is 310 g/mol. The first kappa shape index (κ1) is 17.2. The summed E-state index contributed by atoms with van der Waals surface area (Å²) in [6, 6.07) is 5.12. The Hall–Kier alpha value is -1.88. The Morgan fingerprint density at radius 1 is 1.43 bits per heavy atom. The summed E-state index contributed by atoms with van der Waals surface area (Å²) in [7, 11) is -3.60. The van der Waals surface area contributed by atoms with Crippen molar-refractivity contribution in [3.63, 3.8) is 0 Å². The summed E-state index contributed by atoms with van der Waals surface area (Å²) < 4.78 is 21.6. The molecular weight excluding hydrogens is 292 g/mol. The van der Waals surface area contributed by atoms with Gasteiger partial charge in [0.25, 0.3) is 5.91 Å². The fourth-order valence-electron chi connectivity index (χ4n) is 1.63. The second-order valence-electron chi connectivity index (χ2n) is 4.38. The van der Waals surface area contributed by atoms with Crippen molar-refractivity contribution in [1.82, 2.24) is 5.32 Å². The van der Waals surface area contributed by atoms with E-state index < -0.39 is 10.0 Å². The lowest BCUT2D eigenvalue weighted by molar-refractivity contribution is 0.0955. The van der Waals surface area contributed by atoms with Gasteiger partial charge in [-0.3, -0.25) is 4.79 Å². The molecule has 1 rings (SSSR count). The number of aliphatic hydroxyl groups excluding tert-OH is 1. The number of sulfonamides is 1. The van der Waals surface area contributed by atoms with Crippen LogP contribution in [0.2, 0.25) is 0 Å². The number of hydrogen-bond acceptors (Lipinski definition) is 4. The molecule has 6 nitrogen and oxygen atoms in total. The topological polar surface area (TPSA) is 109 Å². The summed E-state index contributed by atoms with van der Waals surface area (Å²) >= 11 is 0. The van der Waals surface area contributed by atoms with Crippen LogP contribution in [0.25, 0.3) is 0 Å². The highest BCUT2D eigenvalue weighted by molar-refractivity contribution is 7.89. The summed E-state index contributed by atoms with van der Waals surface area (Å²) in [6.07, 6.45) is 0.365. The van der Waals surface area contributed by atoms with E-state index in [2.05, 4.69) is 17.2 Å². The molecule has 21 heavy (non-hydrogen) atoms. The summed E-state index contributed by atoms with van der Waals surface area (Å²) in [4.78, 5) is 12.0. The van der Waals surface area contributed by atoms with Crippen molar-refractivity contribution in [3.05, 3.63) is 34.9 Å². The number of amides is 1. The zero-order valence-electron chi connectivity index (χ0n) is 11.7. The Balaban J connectivity index is 2.82. The number of primary sulfonamides is 1. The van der Waals surface area contributed by atoms with Gasteiger partial charge in [-0.1, -0.05) is 17.9 Å². The van der Waals surface area contributed by atoms with Crippen LogP contribution in [0.5, 0.6) is 0 Å². The minimum absolute atomic E-state index is 0.0141. The quantitative estimate of drug-likeness (QED) is 0.651. The first-order chi connectivity index (χ1) is 9.85. The molecular formula is C14H18N2O4S. The molecule has 0 aliphatic carbocycles. The molecule has 0 atom stereocenters. The van der Waals surface area contributed by atoms with Gasteiger partial charge in [-0.15, -0.1) is 0 Å². The first-order valence-corrected chi connectivity index (χ1v) is 8.04. The highest BCUT2D eigenvalue weighted by Crippen LogP contribution is 2.12. The molecule has 0 bridgehead atoms. The summed E-state index contributed by atoms with van der Waals surface area (Å²) in [5.74, 6) is 4.99. The Kier molecular flexibility index (Phi) is 6.37. The van der Waals surface area contributed by atoms with Crippen molar-refractivity contribution in [3.8, 4) is 11.8 Å². The SMILES string of the molecule is Cc1c(C#CCCO)cccc1C(=O)NCCS(N)(=O)=O. The average molecular weight is 310 g/mol. The van der Waals surface area contributed by atoms with Gasteiger partial charge in [0.15, 0.2) is 0 Å². The van der Waals surface area contributed by atoms with E-state index in [0.717, 1.165) is 0 Å². The molecule has 0 aliphatic rings. The first-order valence-electron chi connectivity index (χ1n) is 6.33. The summed E-state index contributed by atoms with van der Waals surface area (Å²) in [6.45, 7) is 1.70. The molecule has 0 saturated carbocycles. The third kappa shape index (κ3) is 5.95. The standard InChI is InChI=1S/C14H18N2O4S/c1-11-12(5-2-3-9-17)6-4-7-13(11)14(18)16-8-10-21(15,19)20/h4,6-7,17H,3,8-10H2,1H3,(H,16,18)(H2,15,19,20). The zero-order valence-corrected chi connectivity index (χ0v) is 12.5. The molecule has 0 saturated heterocycles. The number of nitrogens with one attached hydrogen (secondary N) is 1. The second kappa shape index (κ2) is 7.78. The number of hydrogen-bond donors (Lipinski definition) is 3. The van der Waals surface area contributed by atoms with Gasteiger partial charge < -0.3 is 10.4 Å². The maximum absolute atomic E-state index is 12.0. The van der Waals surface area contributed by atoms with Crippen molar-refractivity contribution < 1.29 is 18.3 Å². The van der Waals surface area contributed by atoms with Crippen molar-refractivity contribution in [2.75, 3.05) is 18.9 Å². The maximum atomic E-state index is 12.0. The molecule has 0 spiro atoms. The van der Waals surface area contributed by atoms with Crippen LogP contribution < -0.4 is 10.5 Å². The van der Waals surface area contributed by atoms with E-state index in [4.69, 9.17) is 10.2 Å². The van der Waals surface area contributed by atoms with Crippen LogP contribution in [0.1, 0.15) is 27.9 Å². The Bertz CT molecular complexity index is 672. The summed E-state index contributed by atoms with van der Waals surface area (Å²) in [5.41, 5.74) is 1.83. The molecule has 1 aromatic rings. The number of nitrogens with two attached hydrogens (primary N) is 1. The molecule has 114 valence electrons. The van der Waals surface area contributed by atoms with E-state index in [1.807, 2.05) is 0 Å². The highest BCUT2D eigenvalue weighted by atomic mass is 32.2. The maximum Gasteiger partial charge on any atom is 0.251 e. The Labute approximate surface area is 124 Å². The van der Waals surface area contributed by atoms with Gasteiger partial charge >= 0.3 is 0 Å². The van der Waals surface area contributed by atoms with E-state index in [0.29, 0.717) is 23.1 Å². The fraction of sp³-hybridized carbons (Fsp3) is 0.357. The highest BCUT2D eigenvalue weighted by Gasteiger charge is 2.11. The van der Waals surface area contributed by atoms with Crippen LogP contribution >= 0.6 is 0 Å². The lowest BCUT2D eigenvalue weighted by Gasteiger charge is -2.08. The van der Waals surface area contributed by atoms with E-state index in [1.54, 1.807) is 25.1 Å². The second-order valence-corrected chi connectivity index (χ2v) is 6.11. The van der Waals surface area contributed by atoms with Crippen molar-refractivity contribution in [2.24, 2.45) is 5.14 Å². The van der Waals surface area contributed by atoms with Gasteiger partial charge in [-0.25, -0.2) is 13.6 Å². The van der Waals surface area contributed by atoms with Crippen LogP contribution in [0.15, 0.2) is 18.2 Å². The van der Waals surface area contributed by atoms with E-state index in [-0.39, 0.29) is 24.8 Å². The number of benzene rings is 1. The molecule has 0 aromatic heterocycles. The van der Waals surface area contributed by atoms with E-state index >= 15 is 0 Å². The third-order valence-corrected chi connectivity index (χ3v) is 3.48. The minimum atomic E-state index is -3.60. The fourth-order valence-corrected chi connectivity index (χ4v) is 2.02. The number of carbonyl (C=O) groups excluding carboxylic acids is 1.